The Labute approximate surface area is 81.3 Å². The molecule has 1 unspecified atom stereocenters. The third-order valence-electron chi connectivity index (χ3n) is 2.07. The number of nitro groups is 1. The molecule has 0 heterocycles. The highest BCUT2D eigenvalue weighted by molar-refractivity contribution is 5.65. The van der Waals surface area contributed by atoms with Crippen LogP contribution >= 0.6 is 0 Å². The van der Waals surface area contributed by atoms with Gasteiger partial charge in [0.05, 0.1) is 16.6 Å². The Hall–Kier alpha value is -1.62. The van der Waals surface area contributed by atoms with E-state index >= 15 is 0 Å². The van der Waals surface area contributed by atoms with Crippen molar-refractivity contribution in [2.24, 2.45) is 0 Å². The zero-order valence-corrected chi connectivity index (χ0v) is 8.02. The molecule has 1 rings (SSSR count). The molecule has 0 aliphatic carbocycles. The summed E-state index contributed by atoms with van der Waals surface area (Å²) in [6.07, 6.45) is -0.890. The van der Waals surface area contributed by atoms with Crippen molar-refractivity contribution in [3.8, 4) is 0 Å². The van der Waals surface area contributed by atoms with E-state index in [1.54, 1.807) is 13.0 Å². The molecule has 1 atom stereocenters. The molecular weight excluding hydrogens is 184 g/mol. The summed E-state index contributed by atoms with van der Waals surface area (Å²) >= 11 is 0. The standard InChI is InChI=1S/C9H12N2O3/c1-5-3-4-7(10)9(11(13)14)8(5)6(2)12/h3-4,6,12H,10H2,1-2H3. The molecule has 0 aliphatic heterocycles. The lowest BCUT2D eigenvalue weighted by molar-refractivity contribution is -0.385. The highest BCUT2D eigenvalue weighted by Crippen LogP contribution is 2.33. The van der Waals surface area contributed by atoms with Gasteiger partial charge in [-0.3, -0.25) is 10.1 Å². The van der Waals surface area contributed by atoms with Gasteiger partial charge in [0, 0.05) is 0 Å². The fraction of sp³-hybridized carbons (Fsp3) is 0.333. The van der Waals surface area contributed by atoms with E-state index in [1.807, 2.05) is 0 Å². The number of aryl methyl sites for hydroxylation is 1. The molecule has 1 aromatic rings. The van der Waals surface area contributed by atoms with Gasteiger partial charge in [-0.15, -0.1) is 0 Å². The van der Waals surface area contributed by atoms with Crippen molar-refractivity contribution in [2.45, 2.75) is 20.0 Å². The highest BCUT2D eigenvalue weighted by Gasteiger charge is 2.22. The maximum atomic E-state index is 10.7. The summed E-state index contributed by atoms with van der Waals surface area (Å²) in [4.78, 5) is 10.1. The molecule has 14 heavy (non-hydrogen) atoms. The van der Waals surface area contributed by atoms with Gasteiger partial charge in [-0.05, 0) is 25.5 Å². The second-order valence-electron chi connectivity index (χ2n) is 3.17. The van der Waals surface area contributed by atoms with E-state index in [2.05, 4.69) is 0 Å². The maximum Gasteiger partial charge on any atom is 0.298 e. The number of nitrogens with two attached hydrogens (primary N) is 1. The summed E-state index contributed by atoms with van der Waals surface area (Å²) in [5.74, 6) is 0. The molecule has 0 spiro atoms. The van der Waals surface area contributed by atoms with Crippen molar-refractivity contribution in [1.29, 1.82) is 0 Å². The first-order valence-electron chi connectivity index (χ1n) is 4.16. The molecule has 0 amide bonds. The average Bonchev–Trinajstić information content (AvgIpc) is 2.07. The molecule has 0 fully saturated rings. The lowest BCUT2D eigenvalue weighted by atomic mass is 10.0. The first kappa shape index (κ1) is 10.5. The Morgan fingerprint density at radius 1 is 1.57 bits per heavy atom. The van der Waals surface area contributed by atoms with Gasteiger partial charge in [-0.25, -0.2) is 0 Å². The van der Waals surface area contributed by atoms with Gasteiger partial charge in [0.2, 0.25) is 0 Å². The predicted octanol–water partition coefficient (Wildman–Crippen LogP) is 1.54. The summed E-state index contributed by atoms with van der Waals surface area (Å²) in [6.45, 7) is 3.18. The van der Waals surface area contributed by atoms with Crippen molar-refractivity contribution in [1.82, 2.24) is 0 Å². The van der Waals surface area contributed by atoms with Gasteiger partial charge in [-0.1, -0.05) is 6.07 Å². The summed E-state index contributed by atoms with van der Waals surface area (Å²) in [5, 5.41) is 20.1. The van der Waals surface area contributed by atoms with Crippen LogP contribution in [-0.4, -0.2) is 10.0 Å². The minimum atomic E-state index is -0.890. The Morgan fingerprint density at radius 3 is 2.50 bits per heavy atom. The molecule has 3 N–H and O–H groups in total. The summed E-state index contributed by atoms with van der Waals surface area (Å²) < 4.78 is 0. The smallest absolute Gasteiger partial charge is 0.298 e. The van der Waals surface area contributed by atoms with E-state index in [9.17, 15) is 15.2 Å². The van der Waals surface area contributed by atoms with E-state index < -0.39 is 11.0 Å². The second-order valence-corrected chi connectivity index (χ2v) is 3.17. The van der Waals surface area contributed by atoms with Crippen molar-refractivity contribution in [3.63, 3.8) is 0 Å². The van der Waals surface area contributed by atoms with Gasteiger partial charge in [0.15, 0.2) is 0 Å². The minimum absolute atomic E-state index is 0.0801. The maximum absolute atomic E-state index is 10.7. The van der Waals surface area contributed by atoms with Crippen LogP contribution in [0, 0.1) is 17.0 Å². The average molecular weight is 196 g/mol. The number of nitrogens with zero attached hydrogens (tertiary/aromatic N) is 1. The van der Waals surface area contributed by atoms with Crippen LogP contribution < -0.4 is 5.73 Å². The molecular formula is C9H12N2O3. The van der Waals surface area contributed by atoms with Crippen LogP contribution in [0.25, 0.3) is 0 Å². The largest absolute Gasteiger partial charge is 0.393 e. The lowest BCUT2D eigenvalue weighted by Crippen LogP contribution is -2.05. The van der Waals surface area contributed by atoms with Crippen LogP contribution in [0.1, 0.15) is 24.2 Å². The Morgan fingerprint density at radius 2 is 2.14 bits per heavy atom. The van der Waals surface area contributed by atoms with Crippen molar-refractivity contribution >= 4 is 11.4 Å². The van der Waals surface area contributed by atoms with Crippen molar-refractivity contribution in [2.75, 3.05) is 5.73 Å². The summed E-state index contributed by atoms with van der Waals surface area (Å²) in [6, 6.07) is 3.13. The zero-order valence-electron chi connectivity index (χ0n) is 8.02. The highest BCUT2D eigenvalue weighted by atomic mass is 16.6. The van der Waals surface area contributed by atoms with E-state index in [0.717, 1.165) is 0 Å². The fourth-order valence-electron chi connectivity index (χ4n) is 1.46. The van der Waals surface area contributed by atoms with Crippen LogP contribution in [0.15, 0.2) is 12.1 Å². The molecule has 1 aromatic carbocycles. The van der Waals surface area contributed by atoms with Gasteiger partial charge in [0.25, 0.3) is 5.69 Å². The number of rotatable bonds is 2. The molecule has 5 heteroatoms. The summed E-state index contributed by atoms with van der Waals surface area (Å²) in [5.41, 5.74) is 6.32. The van der Waals surface area contributed by atoms with E-state index in [-0.39, 0.29) is 16.9 Å². The van der Waals surface area contributed by atoms with E-state index in [4.69, 9.17) is 5.73 Å². The van der Waals surface area contributed by atoms with E-state index in [0.29, 0.717) is 5.56 Å². The fourth-order valence-corrected chi connectivity index (χ4v) is 1.46. The van der Waals surface area contributed by atoms with Crippen LogP contribution in [0.4, 0.5) is 11.4 Å². The van der Waals surface area contributed by atoms with Crippen LogP contribution in [-0.2, 0) is 0 Å². The number of nitrogen functional groups attached to an aromatic ring is 1. The molecule has 0 radical (unpaired) electrons. The number of anilines is 1. The minimum Gasteiger partial charge on any atom is -0.393 e. The topological polar surface area (TPSA) is 89.4 Å². The molecule has 0 saturated heterocycles. The molecule has 0 bridgehead atoms. The Kier molecular flexibility index (Phi) is 2.71. The predicted molar refractivity (Wildman–Crippen MR) is 52.9 cm³/mol. The van der Waals surface area contributed by atoms with Crippen LogP contribution in [0.3, 0.4) is 0 Å². The number of aliphatic hydroxyl groups is 1. The normalized spacial score (nSPS) is 12.5. The van der Waals surface area contributed by atoms with E-state index in [1.165, 1.54) is 13.0 Å². The van der Waals surface area contributed by atoms with Gasteiger partial charge >= 0.3 is 0 Å². The Balaban J connectivity index is 3.50. The first-order chi connectivity index (χ1) is 6.45. The molecule has 0 aliphatic rings. The van der Waals surface area contributed by atoms with Crippen LogP contribution in [0.2, 0.25) is 0 Å². The monoisotopic (exact) mass is 196 g/mol. The van der Waals surface area contributed by atoms with Crippen molar-refractivity contribution < 1.29 is 10.0 Å². The summed E-state index contributed by atoms with van der Waals surface area (Å²) in [7, 11) is 0. The molecule has 76 valence electrons. The van der Waals surface area contributed by atoms with Gasteiger partial charge in [-0.2, -0.15) is 0 Å². The number of nitro benzene ring substituents is 1. The number of aliphatic hydroxyl groups excluding tert-OH is 1. The Bertz CT molecular complexity index is 375. The van der Waals surface area contributed by atoms with Crippen LogP contribution in [0.5, 0.6) is 0 Å². The SMILES string of the molecule is Cc1ccc(N)c([N+](=O)[O-])c1C(C)O. The van der Waals surface area contributed by atoms with Gasteiger partial charge in [0.1, 0.15) is 5.69 Å². The first-order valence-corrected chi connectivity index (χ1v) is 4.16. The number of benzene rings is 1. The number of hydrogen-bond donors (Lipinski definition) is 2. The zero-order chi connectivity index (χ0) is 10.9. The van der Waals surface area contributed by atoms with Gasteiger partial charge < -0.3 is 10.8 Å². The third kappa shape index (κ3) is 1.67. The van der Waals surface area contributed by atoms with Crippen molar-refractivity contribution in [3.05, 3.63) is 33.4 Å². The molecule has 5 nitrogen and oxygen atoms in total. The third-order valence-corrected chi connectivity index (χ3v) is 2.07. The lowest BCUT2D eigenvalue weighted by Gasteiger charge is -2.10. The quantitative estimate of drug-likeness (QED) is 0.426. The number of hydrogen-bond acceptors (Lipinski definition) is 4. The molecule has 0 aromatic heterocycles. The second kappa shape index (κ2) is 3.63. The molecule has 0 saturated carbocycles.